The van der Waals surface area contributed by atoms with Gasteiger partial charge in [-0.2, -0.15) is 0 Å². The molecular formula is C9H18N2O4. The lowest BCUT2D eigenvalue weighted by Crippen LogP contribution is -2.60. The molecule has 4 atom stereocenters. The standard InChI is InChI=1S/C9H18N2O4/c1-5(13)10-9(2)8(15)7(14)6(4-12)11(9)3/h6-8,12,14-15H,4H2,1-3H3,(H,10,13)/t6-,7-,8+,9-/m1/s1. The van der Waals surface area contributed by atoms with Crippen LogP contribution in [0.25, 0.3) is 0 Å². The van der Waals surface area contributed by atoms with E-state index in [4.69, 9.17) is 5.11 Å². The zero-order chi connectivity index (χ0) is 11.8. The summed E-state index contributed by atoms with van der Waals surface area (Å²) in [6, 6.07) is -0.572. The highest BCUT2D eigenvalue weighted by Crippen LogP contribution is 2.30. The predicted molar refractivity (Wildman–Crippen MR) is 52.9 cm³/mol. The molecule has 0 saturated carbocycles. The Labute approximate surface area is 88.5 Å². The van der Waals surface area contributed by atoms with Gasteiger partial charge in [-0.1, -0.05) is 0 Å². The van der Waals surface area contributed by atoms with Crippen LogP contribution < -0.4 is 5.32 Å². The molecule has 0 aromatic carbocycles. The number of nitrogens with zero attached hydrogens (tertiary/aromatic N) is 1. The number of rotatable bonds is 2. The van der Waals surface area contributed by atoms with Gasteiger partial charge in [0, 0.05) is 6.92 Å². The lowest BCUT2D eigenvalue weighted by Gasteiger charge is -2.36. The Balaban J connectivity index is 2.94. The monoisotopic (exact) mass is 218 g/mol. The van der Waals surface area contributed by atoms with E-state index in [9.17, 15) is 15.0 Å². The first-order chi connectivity index (χ1) is 6.84. The van der Waals surface area contributed by atoms with Crippen molar-refractivity contribution in [1.29, 1.82) is 0 Å². The number of nitrogens with one attached hydrogen (secondary N) is 1. The summed E-state index contributed by atoms with van der Waals surface area (Å²) in [7, 11) is 1.64. The number of hydrogen-bond donors (Lipinski definition) is 4. The number of amides is 1. The fraction of sp³-hybridized carbons (Fsp3) is 0.889. The van der Waals surface area contributed by atoms with Gasteiger partial charge in [0.1, 0.15) is 17.9 Å². The van der Waals surface area contributed by atoms with E-state index in [2.05, 4.69) is 5.32 Å². The van der Waals surface area contributed by atoms with Crippen molar-refractivity contribution >= 4 is 5.91 Å². The van der Waals surface area contributed by atoms with E-state index in [1.54, 1.807) is 18.9 Å². The average Bonchev–Trinajstić information content (AvgIpc) is 2.28. The summed E-state index contributed by atoms with van der Waals surface area (Å²) in [5.41, 5.74) is -1.04. The summed E-state index contributed by atoms with van der Waals surface area (Å²) < 4.78 is 0. The maximum absolute atomic E-state index is 11.0. The fourth-order valence-corrected chi connectivity index (χ4v) is 2.07. The Morgan fingerprint density at radius 3 is 2.40 bits per heavy atom. The Morgan fingerprint density at radius 1 is 1.53 bits per heavy atom. The predicted octanol–water partition coefficient (Wildman–Crippen LogP) is -2.13. The van der Waals surface area contributed by atoms with Gasteiger partial charge in [0.25, 0.3) is 0 Å². The fourth-order valence-electron chi connectivity index (χ4n) is 2.07. The van der Waals surface area contributed by atoms with Crippen LogP contribution in [0.1, 0.15) is 13.8 Å². The summed E-state index contributed by atoms with van der Waals surface area (Å²) in [5.74, 6) is -0.297. The first-order valence-electron chi connectivity index (χ1n) is 4.83. The molecule has 0 spiro atoms. The van der Waals surface area contributed by atoms with Gasteiger partial charge in [0.05, 0.1) is 12.6 Å². The Morgan fingerprint density at radius 2 is 2.07 bits per heavy atom. The Bertz CT molecular complexity index is 260. The van der Waals surface area contributed by atoms with Crippen molar-refractivity contribution in [2.75, 3.05) is 13.7 Å². The van der Waals surface area contributed by atoms with Crippen LogP contribution in [0.4, 0.5) is 0 Å². The molecular weight excluding hydrogens is 200 g/mol. The molecule has 15 heavy (non-hydrogen) atoms. The van der Waals surface area contributed by atoms with Gasteiger partial charge in [-0.15, -0.1) is 0 Å². The minimum absolute atomic E-state index is 0.274. The maximum Gasteiger partial charge on any atom is 0.218 e. The summed E-state index contributed by atoms with van der Waals surface area (Å²) in [6.07, 6.45) is -2.19. The molecule has 0 radical (unpaired) electrons. The van der Waals surface area contributed by atoms with Crippen LogP contribution in [0.3, 0.4) is 0 Å². The number of likely N-dealkylation sites (tertiary alicyclic amines) is 1. The van der Waals surface area contributed by atoms with Gasteiger partial charge in [-0.25, -0.2) is 0 Å². The average molecular weight is 218 g/mol. The van der Waals surface area contributed by atoms with E-state index >= 15 is 0 Å². The summed E-state index contributed by atoms with van der Waals surface area (Å²) in [5, 5.41) is 31.1. The van der Waals surface area contributed by atoms with Crippen LogP contribution in [0.2, 0.25) is 0 Å². The molecule has 0 aromatic rings. The SMILES string of the molecule is CC(=O)N[C@@]1(C)[C@@H](O)[C@H](O)[C@@H](CO)N1C. The van der Waals surface area contributed by atoms with Gasteiger partial charge >= 0.3 is 0 Å². The Kier molecular flexibility index (Phi) is 3.34. The number of likely N-dealkylation sites (N-methyl/N-ethyl adjacent to an activating group) is 1. The molecule has 1 aliphatic heterocycles. The van der Waals surface area contributed by atoms with Crippen molar-refractivity contribution in [3.05, 3.63) is 0 Å². The highest BCUT2D eigenvalue weighted by atomic mass is 16.3. The molecule has 1 amide bonds. The van der Waals surface area contributed by atoms with Crippen LogP contribution in [0, 0.1) is 0 Å². The topological polar surface area (TPSA) is 93.0 Å². The van der Waals surface area contributed by atoms with Crippen molar-refractivity contribution in [3.63, 3.8) is 0 Å². The maximum atomic E-state index is 11.0. The van der Waals surface area contributed by atoms with Crippen molar-refractivity contribution in [3.8, 4) is 0 Å². The van der Waals surface area contributed by atoms with Gasteiger partial charge in [-0.05, 0) is 14.0 Å². The largest absolute Gasteiger partial charge is 0.395 e. The molecule has 0 aromatic heterocycles. The van der Waals surface area contributed by atoms with E-state index in [1.165, 1.54) is 6.92 Å². The van der Waals surface area contributed by atoms with Crippen molar-refractivity contribution in [2.45, 2.75) is 37.8 Å². The third-order valence-corrected chi connectivity index (χ3v) is 3.14. The highest BCUT2D eigenvalue weighted by molar-refractivity contribution is 5.73. The second-order valence-electron chi connectivity index (χ2n) is 4.12. The second kappa shape index (κ2) is 4.05. The smallest absolute Gasteiger partial charge is 0.218 e. The van der Waals surface area contributed by atoms with Crippen LogP contribution in [0.15, 0.2) is 0 Å². The molecule has 1 rings (SSSR count). The number of aliphatic hydroxyl groups excluding tert-OH is 3. The minimum Gasteiger partial charge on any atom is -0.395 e. The highest BCUT2D eigenvalue weighted by Gasteiger charge is 2.54. The third kappa shape index (κ3) is 1.85. The Hall–Kier alpha value is -0.690. The lowest BCUT2D eigenvalue weighted by atomic mass is 10.0. The molecule has 1 saturated heterocycles. The molecule has 1 heterocycles. The quantitative estimate of drug-likeness (QED) is 0.425. The first kappa shape index (κ1) is 12.4. The van der Waals surface area contributed by atoms with Crippen molar-refractivity contribution in [1.82, 2.24) is 10.2 Å². The second-order valence-corrected chi connectivity index (χ2v) is 4.12. The number of carbonyl (C=O) groups excluding carboxylic acids is 1. The summed E-state index contributed by atoms with van der Waals surface area (Å²) in [4.78, 5) is 12.6. The van der Waals surface area contributed by atoms with E-state index in [0.29, 0.717) is 0 Å². The molecule has 88 valence electrons. The van der Waals surface area contributed by atoms with E-state index in [-0.39, 0.29) is 12.5 Å². The summed E-state index contributed by atoms with van der Waals surface area (Å²) in [6.45, 7) is 2.67. The zero-order valence-corrected chi connectivity index (χ0v) is 9.14. The third-order valence-electron chi connectivity index (χ3n) is 3.14. The normalized spacial score (nSPS) is 41.9. The molecule has 0 aliphatic carbocycles. The van der Waals surface area contributed by atoms with Crippen molar-refractivity contribution in [2.24, 2.45) is 0 Å². The zero-order valence-electron chi connectivity index (χ0n) is 9.14. The van der Waals surface area contributed by atoms with Gasteiger partial charge in [0.15, 0.2) is 0 Å². The molecule has 0 bridgehead atoms. The van der Waals surface area contributed by atoms with Crippen LogP contribution in [-0.4, -0.2) is 63.7 Å². The van der Waals surface area contributed by atoms with Crippen LogP contribution >= 0.6 is 0 Å². The molecule has 6 heteroatoms. The number of hydrogen-bond acceptors (Lipinski definition) is 5. The van der Waals surface area contributed by atoms with Crippen LogP contribution in [0.5, 0.6) is 0 Å². The van der Waals surface area contributed by atoms with E-state index < -0.39 is 23.9 Å². The van der Waals surface area contributed by atoms with E-state index in [0.717, 1.165) is 0 Å². The van der Waals surface area contributed by atoms with Gasteiger partial charge < -0.3 is 20.6 Å². The number of carbonyl (C=O) groups is 1. The molecule has 1 fully saturated rings. The molecule has 1 aliphatic rings. The van der Waals surface area contributed by atoms with Gasteiger partial charge in [-0.3, -0.25) is 9.69 Å². The van der Waals surface area contributed by atoms with Crippen molar-refractivity contribution < 1.29 is 20.1 Å². The molecule has 4 N–H and O–H groups in total. The van der Waals surface area contributed by atoms with E-state index in [1.807, 2.05) is 0 Å². The lowest BCUT2D eigenvalue weighted by molar-refractivity contribution is -0.125. The van der Waals surface area contributed by atoms with Gasteiger partial charge in [0.2, 0.25) is 5.91 Å². The summed E-state index contributed by atoms with van der Waals surface area (Å²) >= 11 is 0. The molecule has 0 unspecified atom stereocenters. The molecule has 6 nitrogen and oxygen atoms in total. The first-order valence-corrected chi connectivity index (χ1v) is 4.83. The van der Waals surface area contributed by atoms with Crippen LogP contribution in [-0.2, 0) is 4.79 Å². The number of aliphatic hydroxyl groups is 3. The minimum atomic E-state index is -1.12.